The van der Waals surface area contributed by atoms with Crippen LogP contribution in [0.4, 0.5) is 5.69 Å². The summed E-state index contributed by atoms with van der Waals surface area (Å²) in [5.74, 6) is -2.22. The number of carbonyl (C=O) groups is 1. The first-order valence-corrected chi connectivity index (χ1v) is 10.7. The maximum Gasteiger partial charge on any atom is 0.332 e. The molecule has 0 bridgehead atoms. The number of para-hydroxylation sites is 1. The van der Waals surface area contributed by atoms with E-state index in [1.54, 1.807) is 12.1 Å². The molecule has 2 atom stereocenters. The molecule has 0 radical (unpaired) electrons. The van der Waals surface area contributed by atoms with Gasteiger partial charge in [0.15, 0.2) is 5.79 Å². The van der Waals surface area contributed by atoms with Crippen LogP contribution >= 0.6 is 0 Å². The SMILES string of the molecule is CCC(C)c1ccccc1NS(=O)(=O)C1CCC2(C=C1C(=O)O)OCCO2. The molecule has 0 aromatic heterocycles. The van der Waals surface area contributed by atoms with Crippen LogP contribution in [0.5, 0.6) is 0 Å². The smallest absolute Gasteiger partial charge is 0.332 e. The summed E-state index contributed by atoms with van der Waals surface area (Å²) in [4.78, 5) is 11.8. The van der Waals surface area contributed by atoms with E-state index in [0.29, 0.717) is 25.3 Å². The molecule has 7 nitrogen and oxygen atoms in total. The van der Waals surface area contributed by atoms with Gasteiger partial charge in [0, 0.05) is 6.42 Å². The van der Waals surface area contributed by atoms with Crippen LogP contribution in [0.15, 0.2) is 35.9 Å². The van der Waals surface area contributed by atoms with E-state index in [2.05, 4.69) is 4.72 Å². The van der Waals surface area contributed by atoms with Crippen LogP contribution in [0, 0.1) is 0 Å². The lowest BCUT2D eigenvalue weighted by atomic mass is 9.94. The van der Waals surface area contributed by atoms with Gasteiger partial charge in [-0.2, -0.15) is 0 Å². The third-order valence-corrected chi connectivity index (χ3v) is 6.97. The number of nitrogens with one attached hydrogen (secondary N) is 1. The molecule has 1 spiro atoms. The minimum Gasteiger partial charge on any atom is -0.478 e. The van der Waals surface area contributed by atoms with Gasteiger partial charge < -0.3 is 14.6 Å². The van der Waals surface area contributed by atoms with Gasteiger partial charge in [-0.05, 0) is 36.5 Å². The molecule has 1 heterocycles. The summed E-state index contributed by atoms with van der Waals surface area (Å²) in [5.41, 5.74) is 1.17. The number of carboxylic acids is 1. The third-order valence-electron chi connectivity index (χ3n) is 5.23. The van der Waals surface area contributed by atoms with Crippen molar-refractivity contribution < 1.29 is 27.8 Å². The number of anilines is 1. The Bertz CT molecular complexity index is 842. The van der Waals surface area contributed by atoms with Crippen molar-refractivity contribution in [1.29, 1.82) is 0 Å². The summed E-state index contributed by atoms with van der Waals surface area (Å²) < 4.78 is 39.8. The molecule has 1 aliphatic carbocycles. The van der Waals surface area contributed by atoms with Crippen molar-refractivity contribution in [3.8, 4) is 0 Å². The van der Waals surface area contributed by atoms with Crippen molar-refractivity contribution in [2.24, 2.45) is 0 Å². The minimum absolute atomic E-state index is 0.110. The number of hydrogen-bond acceptors (Lipinski definition) is 5. The second kappa shape index (κ2) is 7.61. The van der Waals surface area contributed by atoms with Crippen molar-refractivity contribution in [2.75, 3.05) is 17.9 Å². The molecule has 27 heavy (non-hydrogen) atoms. The summed E-state index contributed by atoms with van der Waals surface area (Å²) in [7, 11) is -3.95. The summed E-state index contributed by atoms with van der Waals surface area (Å²) in [6.07, 6.45) is 2.58. The summed E-state index contributed by atoms with van der Waals surface area (Å²) in [6, 6.07) is 7.21. The first-order chi connectivity index (χ1) is 12.8. The number of ether oxygens (including phenoxy) is 2. The van der Waals surface area contributed by atoms with E-state index >= 15 is 0 Å². The maximum absolute atomic E-state index is 13.0. The van der Waals surface area contributed by atoms with Crippen LogP contribution < -0.4 is 4.72 Å². The van der Waals surface area contributed by atoms with Gasteiger partial charge in [0.2, 0.25) is 10.0 Å². The van der Waals surface area contributed by atoms with Gasteiger partial charge in [-0.1, -0.05) is 32.0 Å². The Labute approximate surface area is 159 Å². The van der Waals surface area contributed by atoms with E-state index in [4.69, 9.17) is 9.47 Å². The predicted molar refractivity (Wildman–Crippen MR) is 101 cm³/mol. The first kappa shape index (κ1) is 19.9. The Morgan fingerprint density at radius 1 is 1.33 bits per heavy atom. The maximum atomic E-state index is 13.0. The quantitative estimate of drug-likeness (QED) is 0.768. The minimum atomic E-state index is -3.95. The van der Waals surface area contributed by atoms with E-state index in [1.165, 1.54) is 6.08 Å². The summed E-state index contributed by atoms with van der Waals surface area (Å²) in [5, 5.41) is 8.42. The molecule has 1 aromatic rings. The van der Waals surface area contributed by atoms with Gasteiger partial charge in [0.1, 0.15) is 5.25 Å². The molecule has 1 fully saturated rings. The molecule has 8 heteroatoms. The Balaban J connectivity index is 1.92. The standard InChI is InChI=1S/C19H25NO6S/c1-3-13(2)14-6-4-5-7-16(14)20-27(23,24)17-8-9-19(25-10-11-26-19)12-15(17)18(21)22/h4-7,12-13,17,20H,3,8-11H2,1-2H3,(H,21,22). The zero-order valence-electron chi connectivity index (χ0n) is 15.5. The molecule has 2 aliphatic rings. The highest BCUT2D eigenvalue weighted by atomic mass is 32.2. The molecule has 0 saturated carbocycles. The molecule has 3 rings (SSSR count). The second-order valence-corrected chi connectivity index (χ2v) is 8.85. The van der Waals surface area contributed by atoms with Crippen LogP contribution in [-0.4, -0.2) is 43.7 Å². The van der Waals surface area contributed by atoms with E-state index in [0.717, 1.165) is 12.0 Å². The zero-order valence-corrected chi connectivity index (χ0v) is 16.3. The van der Waals surface area contributed by atoms with Gasteiger partial charge in [0.05, 0.1) is 24.5 Å². The monoisotopic (exact) mass is 395 g/mol. The number of rotatable bonds is 6. The van der Waals surface area contributed by atoms with Gasteiger partial charge in [0.25, 0.3) is 0 Å². The highest BCUT2D eigenvalue weighted by Crippen LogP contribution is 2.38. The first-order valence-electron chi connectivity index (χ1n) is 9.12. The van der Waals surface area contributed by atoms with Crippen LogP contribution in [0.2, 0.25) is 0 Å². The van der Waals surface area contributed by atoms with Crippen molar-refractivity contribution >= 4 is 21.7 Å². The summed E-state index contributed by atoms with van der Waals surface area (Å²) >= 11 is 0. The lowest BCUT2D eigenvalue weighted by Crippen LogP contribution is -2.42. The van der Waals surface area contributed by atoms with Crippen LogP contribution in [-0.2, 0) is 24.3 Å². The molecule has 2 unspecified atom stereocenters. The van der Waals surface area contributed by atoms with E-state index < -0.39 is 27.0 Å². The van der Waals surface area contributed by atoms with Gasteiger partial charge in [-0.25, -0.2) is 13.2 Å². The fourth-order valence-corrected chi connectivity index (χ4v) is 5.14. The van der Waals surface area contributed by atoms with Crippen LogP contribution in [0.25, 0.3) is 0 Å². The van der Waals surface area contributed by atoms with Crippen molar-refractivity contribution in [2.45, 2.75) is 50.1 Å². The van der Waals surface area contributed by atoms with E-state index in [1.807, 2.05) is 26.0 Å². The Hall–Kier alpha value is -1.90. The lowest BCUT2D eigenvalue weighted by molar-refractivity contribution is -0.138. The highest BCUT2D eigenvalue weighted by Gasteiger charge is 2.45. The number of sulfonamides is 1. The van der Waals surface area contributed by atoms with Crippen molar-refractivity contribution in [3.05, 3.63) is 41.5 Å². The topological polar surface area (TPSA) is 102 Å². The van der Waals surface area contributed by atoms with Gasteiger partial charge in [-0.15, -0.1) is 0 Å². The third kappa shape index (κ3) is 4.02. The molecular formula is C19H25NO6S. The largest absolute Gasteiger partial charge is 0.478 e. The highest BCUT2D eigenvalue weighted by molar-refractivity contribution is 7.93. The average Bonchev–Trinajstić information content (AvgIpc) is 3.08. The predicted octanol–water partition coefficient (Wildman–Crippen LogP) is 2.86. The lowest BCUT2D eigenvalue weighted by Gasteiger charge is -2.32. The second-order valence-electron chi connectivity index (χ2n) is 6.98. The molecule has 1 saturated heterocycles. The number of benzene rings is 1. The Morgan fingerprint density at radius 2 is 2.00 bits per heavy atom. The molecule has 2 N–H and O–H groups in total. The van der Waals surface area contributed by atoms with E-state index in [-0.39, 0.29) is 17.9 Å². The number of hydrogen-bond donors (Lipinski definition) is 2. The van der Waals surface area contributed by atoms with Gasteiger partial charge >= 0.3 is 5.97 Å². The molecule has 148 valence electrons. The zero-order chi connectivity index (χ0) is 19.7. The van der Waals surface area contributed by atoms with Crippen LogP contribution in [0.1, 0.15) is 44.6 Å². The van der Waals surface area contributed by atoms with Crippen LogP contribution in [0.3, 0.4) is 0 Å². The van der Waals surface area contributed by atoms with Gasteiger partial charge in [-0.3, -0.25) is 4.72 Å². The Morgan fingerprint density at radius 3 is 2.63 bits per heavy atom. The molecule has 1 aliphatic heterocycles. The molecule has 0 amide bonds. The molecular weight excluding hydrogens is 370 g/mol. The van der Waals surface area contributed by atoms with E-state index in [9.17, 15) is 18.3 Å². The normalized spacial score (nSPS) is 23.0. The van der Waals surface area contributed by atoms with Crippen molar-refractivity contribution in [3.63, 3.8) is 0 Å². The number of carboxylic acid groups (broad SMARTS) is 1. The fraction of sp³-hybridized carbons (Fsp3) is 0.526. The Kier molecular flexibility index (Phi) is 5.60. The summed E-state index contributed by atoms with van der Waals surface area (Å²) in [6.45, 7) is 4.78. The molecule has 1 aromatic carbocycles. The van der Waals surface area contributed by atoms with Crippen molar-refractivity contribution in [1.82, 2.24) is 0 Å². The average molecular weight is 395 g/mol. The number of aliphatic carboxylic acids is 1. The fourth-order valence-electron chi connectivity index (χ4n) is 3.57.